The van der Waals surface area contributed by atoms with Crippen LogP contribution < -0.4 is 10.1 Å². The van der Waals surface area contributed by atoms with Gasteiger partial charge in [-0.25, -0.2) is 0 Å². The maximum atomic E-state index is 12.0. The van der Waals surface area contributed by atoms with Crippen LogP contribution in [0, 0.1) is 11.8 Å². The number of aromatic nitrogens is 1. The Bertz CT molecular complexity index is 519. The van der Waals surface area contributed by atoms with Crippen LogP contribution in [0.1, 0.15) is 25.1 Å². The number of alkyl halides is 3. The van der Waals surface area contributed by atoms with Gasteiger partial charge in [-0.3, -0.25) is 9.78 Å². The highest BCUT2D eigenvalue weighted by molar-refractivity contribution is 5.81. The first-order chi connectivity index (χ1) is 10.3. The van der Waals surface area contributed by atoms with Crippen LogP contribution in [0.15, 0.2) is 18.3 Å². The molecule has 1 aromatic rings. The number of hydrogen-bond donors (Lipinski definition) is 2. The molecule has 1 aliphatic carbocycles. The van der Waals surface area contributed by atoms with Crippen molar-refractivity contribution in [2.75, 3.05) is 13.2 Å². The highest BCUT2D eigenvalue weighted by Gasteiger charge is 2.42. The minimum Gasteiger partial charge on any atom is -0.483 e. The molecule has 0 spiro atoms. The quantitative estimate of drug-likeness (QED) is 0.839. The van der Waals surface area contributed by atoms with Crippen LogP contribution in [-0.2, 0) is 4.79 Å². The average molecular weight is 318 g/mol. The second kappa shape index (κ2) is 6.51. The van der Waals surface area contributed by atoms with Crippen LogP contribution in [0.2, 0.25) is 0 Å². The number of aliphatic hydroxyl groups excluding tert-OH is 1. The molecule has 2 N–H and O–H groups in total. The van der Waals surface area contributed by atoms with E-state index in [9.17, 15) is 18.0 Å². The lowest BCUT2D eigenvalue weighted by atomic mass is 10.2. The number of carbonyl (C=O) groups is 1. The molecule has 1 heterocycles. The minimum absolute atomic E-state index is 0.00401. The molecule has 0 saturated heterocycles. The lowest BCUT2D eigenvalue weighted by Crippen LogP contribution is -2.29. The average Bonchev–Trinajstić information content (AvgIpc) is 3.24. The normalized spacial score (nSPS) is 22.0. The number of halogens is 3. The third kappa shape index (κ3) is 4.59. The molecule has 5 nitrogen and oxygen atoms in total. The molecule has 1 fully saturated rings. The number of ether oxygens (including phenoxy) is 1. The van der Waals surface area contributed by atoms with Gasteiger partial charge >= 0.3 is 6.18 Å². The zero-order valence-electron chi connectivity index (χ0n) is 11.9. The Morgan fingerprint density at radius 1 is 1.55 bits per heavy atom. The molecule has 0 aliphatic heterocycles. The SMILES string of the molecule is CC(NC(=O)[C@H]1C[C@@H]1CO)c1ccc(OCC(F)(F)F)cn1. The number of pyridine rings is 1. The molecule has 1 aliphatic rings. The predicted molar refractivity (Wildman–Crippen MR) is 71.0 cm³/mol. The smallest absolute Gasteiger partial charge is 0.422 e. The van der Waals surface area contributed by atoms with Crippen molar-refractivity contribution in [2.45, 2.75) is 25.6 Å². The summed E-state index contributed by atoms with van der Waals surface area (Å²) in [5.41, 5.74) is 0.522. The van der Waals surface area contributed by atoms with E-state index in [1.54, 1.807) is 6.92 Å². The number of carbonyl (C=O) groups excluding carboxylic acids is 1. The highest BCUT2D eigenvalue weighted by Crippen LogP contribution is 2.38. The van der Waals surface area contributed by atoms with Crippen LogP contribution in [-0.4, -0.2) is 35.4 Å². The largest absolute Gasteiger partial charge is 0.483 e. The summed E-state index contributed by atoms with van der Waals surface area (Å²) < 4.78 is 40.6. The monoisotopic (exact) mass is 318 g/mol. The van der Waals surface area contributed by atoms with Gasteiger partial charge in [-0.1, -0.05) is 0 Å². The summed E-state index contributed by atoms with van der Waals surface area (Å²) in [6, 6.07) is 2.52. The van der Waals surface area contributed by atoms with Crippen LogP contribution >= 0.6 is 0 Å². The zero-order chi connectivity index (χ0) is 16.3. The molecule has 122 valence electrons. The fraction of sp³-hybridized carbons (Fsp3) is 0.571. The lowest BCUT2D eigenvalue weighted by molar-refractivity contribution is -0.153. The Morgan fingerprint density at radius 3 is 2.77 bits per heavy atom. The van der Waals surface area contributed by atoms with E-state index >= 15 is 0 Å². The van der Waals surface area contributed by atoms with Crippen molar-refractivity contribution in [3.05, 3.63) is 24.0 Å². The van der Waals surface area contributed by atoms with Crippen molar-refractivity contribution in [3.63, 3.8) is 0 Å². The van der Waals surface area contributed by atoms with Gasteiger partial charge in [0.05, 0.1) is 17.9 Å². The highest BCUT2D eigenvalue weighted by atomic mass is 19.4. The molecule has 2 rings (SSSR count). The van der Waals surface area contributed by atoms with Crippen molar-refractivity contribution >= 4 is 5.91 Å². The summed E-state index contributed by atoms with van der Waals surface area (Å²) in [7, 11) is 0. The molecule has 1 amide bonds. The predicted octanol–water partition coefficient (Wildman–Crippen LogP) is 1.83. The second-order valence-corrected chi connectivity index (χ2v) is 5.34. The Balaban J connectivity index is 1.85. The molecule has 3 atom stereocenters. The van der Waals surface area contributed by atoms with E-state index in [1.807, 2.05) is 0 Å². The van der Waals surface area contributed by atoms with E-state index < -0.39 is 12.8 Å². The molecule has 1 saturated carbocycles. The van der Waals surface area contributed by atoms with Gasteiger partial charge in [-0.15, -0.1) is 0 Å². The van der Waals surface area contributed by atoms with Crippen LogP contribution in [0.3, 0.4) is 0 Å². The van der Waals surface area contributed by atoms with Gasteiger partial charge < -0.3 is 15.2 Å². The molecule has 1 unspecified atom stereocenters. The van der Waals surface area contributed by atoms with E-state index in [4.69, 9.17) is 5.11 Å². The summed E-state index contributed by atoms with van der Waals surface area (Å²) in [6.07, 6.45) is -2.53. The van der Waals surface area contributed by atoms with Crippen molar-refractivity contribution in [1.82, 2.24) is 10.3 Å². The maximum Gasteiger partial charge on any atom is 0.422 e. The molecule has 0 bridgehead atoms. The lowest BCUT2D eigenvalue weighted by Gasteiger charge is -2.14. The van der Waals surface area contributed by atoms with Gasteiger partial charge in [-0.2, -0.15) is 13.2 Å². The van der Waals surface area contributed by atoms with E-state index in [1.165, 1.54) is 18.3 Å². The first kappa shape index (κ1) is 16.5. The third-order valence-electron chi connectivity index (χ3n) is 3.46. The summed E-state index contributed by atoms with van der Waals surface area (Å²) >= 11 is 0. The van der Waals surface area contributed by atoms with Gasteiger partial charge in [0.25, 0.3) is 0 Å². The maximum absolute atomic E-state index is 12.0. The van der Waals surface area contributed by atoms with Crippen LogP contribution in [0.5, 0.6) is 5.75 Å². The summed E-state index contributed by atoms with van der Waals surface area (Å²) in [5.74, 6) is -0.270. The topological polar surface area (TPSA) is 71.5 Å². The molecule has 0 aromatic carbocycles. The number of hydrogen-bond acceptors (Lipinski definition) is 4. The van der Waals surface area contributed by atoms with Gasteiger partial charge in [-0.05, 0) is 31.4 Å². The Morgan fingerprint density at radius 2 is 2.27 bits per heavy atom. The molecule has 0 radical (unpaired) electrons. The summed E-state index contributed by atoms with van der Waals surface area (Å²) in [6.45, 7) is 0.354. The third-order valence-corrected chi connectivity index (χ3v) is 3.46. The number of amides is 1. The fourth-order valence-corrected chi connectivity index (χ4v) is 2.06. The first-order valence-electron chi connectivity index (χ1n) is 6.87. The van der Waals surface area contributed by atoms with E-state index in [0.717, 1.165) is 0 Å². The van der Waals surface area contributed by atoms with E-state index in [-0.39, 0.29) is 36.1 Å². The molecule has 1 aromatic heterocycles. The Hall–Kier alpha value is -1.83. The van der Waals surface area contributed by atoms with Gasteiger partial charge in [0.2, 0.25) is 5.91 Å². The van der Waals surface area contributed by atoms with Crippen molar-refractivity contribution in [3.8, 4) is 5.75 Å². The minimum atomic E-state index is -4.40. The van der Waals surface area contributed by atoms with E-state index in [0.29, 0.717) is 12.1 Å². The summed E-state index contributed by atoms with van der Waals surface area (Å²) in [4.78, 5) is 15.8. The number of rotatable bonds is 6. The van der Waals surface area contributed by atoms with Gasteiger partial charge in [0, 0.05) is 12.5 Å². The Kier molecular flexibility index (Phi) is 4.90. The van der Waals surface area contributed by atoms with Crippen LogP contribution in [0.25, 0.3) is 0 Å². The Labute approximate surface area is 125 Å². The second-order valence-electron chi connectivity index (χ2n) is 5.34. The molecule has 22 heavy (non-hydrogen) atoms. The van der Waals surface area contributed by atoms with Crippen molar-refractivity contribution in [1.29, 1.82) is 0 Å². The van der Waals surface area contributed by atoms with Crippen LogP contribution in [0.4, 0.5) is 13.2 Å². The number of nitrogens with zero attached hydrogens (tertiary/aromatic N) is 1. The van der Waals surface area contributed by atoms with E-state index in [2.05, 4.69) is 15.0 Å². The standard InChI is InChI=1S/C14H17F3N2O3/c1-8(19-13(21)11-4-9(11)6-20)12-3-2-10(5-18-12)22-7-14(15,16)17/h2-3,5,8-9,11,20H,4,6-7H2,1H3,(H,19,21)/t8?,9-,11+/m1/s1. The molecule has 8 heteroatoms. The van der Waals surface area contributed by atoms with Gasteiger partial charge in [0.1, 0.15) is 5.75 Å². The fourth-order valence-electron chi connectivity index (χ4n) is 2.06. The van der Waals surface area contributed by atoms with Gasteiger partial charge in [0.15, 0.2) is 6.61 Å². The molecular weight excluding hydrogens is 301 g/mol. The zero-order valence-corrected chi connectivity index (χ0v) is 11.9. The number of aliphatic hydroxyl groups is 1. The first-order valence-corrected chi connectivity index (χ1v) is 6.87. The van der Waals surface area contributed by atoms with Crippen molar-refractivity contribution in [2.24, 2.45) is 11.8 Å². The summed E-state index contributed by atoms with van der Waals surface area (Å²) in [5, 5.41) is 11.7. The molecular formula is C14H17F3N2O3. The van der Waals surface area contributed by atoms with Crippen molar-refractivity contribution < 1.29 is 27.8 Å². The number of nitrogens with one attached hydrogen (secondary N) is 1.